The fourth-order valence-electron chi connectivity index (χ4n) is 1.55. The molecular weight excluding hydrogens is 246 g/mol. The molecule has 1 aromatic carbocycles. The number of para-hydroxylation sites is 1. The van der Waals surface area contributed by atoms with E-state index in [1.54, 1.807) is 31.2 Å². The molecule has 1 aromatic heterocycles. The van der Waals surface area contributed by atoms with E-state index >= 15 is 0 Å². The Hall–Kier alpha value is -2.70. The van der Waals surface area contributed by atoms with E-state index in [2.05, 4.69) is 25.8 Å². The van der Waals surface area contributed by atoms with Gasteiger partial charge < -0.3 is 10.6 Å². The molecule has 7 heteroatoms. The van der Waals surface area contributed by atoms with E-state index in [0.717, 1.165) is 0 Å². The molecule has 7 nitrogen and oxygen atoms in total. The number of aromatic nitrogens is 3. The molecule has 0 aliphatic rings. The van der Waals surface area contributed by atoms with Gasteiger partial charge in [0.15, 0.2) is 0 Å². The Bertz CT molecular complexity index is 620. The van der Waals surface area contributed by atoms with Crippen LogP contribution in [0.25, 0.3) is 0 Å². The molecular formula is C12H13N5O2. The standard InChI is InChI=1S/C12H13N5O2/c1-7-14-10(17-16-7)12(19)15-9-6-4-3-5-8(9)11(18)13-2/h3-6H,1-2H3,(H,13,18)(H,15,19)(H,14,16,17). The molecule has 1 heterocycles. The van der Waals surface area contributed by atoms with Crippen LogP contribution in [0, 0.1) is 6.92 Å². The first-order chi connectivity index (χ1) is 9.11. The summed E-state index contributed by atoms with van der Waals surface area (Å²) in [5.74, 6) is -0.170. The smallest absolute Gasteiger partial charge is 0.295 e. The summed E-state index contributed by atoms with van der Waals surface area (Å²) in [6, 6.07) is 6.71. The van der Waals surface area contributed by atoms with Crippen molar-refractivity contribution >= 4 is 17.5 Å². The van der Waals surface area contributed by atoms with Crippen LogP contribution in [0.4, 0.5) is 5.69 Å². The highest BCUT2D eigenvalue weighted by atomic mass is 16.2. The molecule has 0 aliphatic carbocycles. The average Bonchev–Trinajstić information content (AvgIpc) is 2.85. The van der Waals surface area contributed by atoms with Crippen molar-refractivity contribution in [2.75, 3.05) is 12.4 Å². The molecule has 0 aliphatic heterocycles. The number of aromatic amines is 1. The SMILES string of the molecule is CNC(=O)c1ccccc1NC(=O)c1n[nH]c(C)n1. The zero-order chi connectivity index (χ0) is 13.8. The van der Waals surface area contributed by atoms with Gasteiger partial charge in [-0.1, -0.05) is 12.1 Å². The molecule has 0 unspecified atom stereocenters. The minimum atomic E-state index is -0.472. The predicted octanol–water partition coefficient (Wildman–Crippen LogP) is 0.725. The van der Waals surface area contributed by atoms with Gasteiger partial charge in [-0.2, -0.15) is 0 Å². The second kappa shape index (κ2) is 5.30. The number of nitrogens with zero attached hydrogens (tertiary/aromatic N) is 2. The van der Waals surface area contributed by atoms with Crippen LogP contribution in [-0.2, 0) is 0 Å². The largest absolute Gasteiger partial charge is 0.355 e. The molecule has 0 saturated heterocycles. The van der Waals surface area contributed by atoms with E-state index in [9.17, 15) is 9.59 Å². The summed E-state index contributed by atoms with van der Waals surface area (Å²) >= 11 is 0. The van der Waals surface area contributed by atoms with Crippen LogP contribution in [-0.4, -0.2) is 34.0 Å². The van der Waals surface area contributed by atoms with E-state index in [1.165, 1.54) is 7.05 Å². The molecule has 3 N–H and O–H groups in total. The molecule has 0 atom stereocenters. The van der Waals surface area contributed by atoms with Gasteiger partial charge in [-0.05, 0) is 19.1 Å². The molecule has 19 heavy (non-hydrogen) atoms. The summed E-state index contributed by atoms with van der Waals surface area (Å²) in [5.41, 5.74) is 0.792. The molecule has 2 amide bonds. The van der Waals surface area contributed by atoms with Gasteiger partial charge in [0.1, 0.15) is 5.82 Å². The number of hydrogen-bond donors (Lipinski definition) is 3. The average molecular weight is 259 g/mol. The first kappa shape index (κ1) is 12.7. The second-order valence-corrected chi connectivity index (χ2v) is 3.82. The lowest BCUT2D eigenvalue weighted by Crippen LogP contribution is -2.22. The molecule has 2 rings (SSSR count). The number of benzene rings is 1. The molecule has 0 bridgehead atoms. The molecule has 0 fully saturated rings. The van der Waals surface area contributed by atoms with E-state index in [0.29, 0.717) is 17.1 Å². The lowest BCUT2D eigenvalue weighted by Gasteiger charge is -2.08. The highest BCUT2D eigenvalue weighted by molar-refractivity contribution is 6.07. The summed E-state index contributed by atoms with van der Waals surface area (Å²) in [5, 5.41) is 11.5. The molecule has 0 radical (unpaired) electrons. The number of anilines is 1. The van der Waals surface area contributed by atoms with Crippen LogP contribution < -0.4 is 10.6 Å². The van der Waals surface area contributed by atoms with Gasteiger partial charge in [-0.3, -0.25) is 14.7 Å². The zero-order valence-electron chi connectivity index (χ0n) is 10.5. The lowest BCUT2D eigenvalue weighted by atomic mass is 10.1. The molecule has 0 spiro atoms. The summed E-state index contributed by atoms with van der Waals surface area (Å²) in [6.07, 6.45) is 0. The van der Waals surface area contributed by atoms with Crippen molar-refractivity contribution in [3.8, 4) is 0 Å². The van der Waals surface area contributed by atoms with E-state index in [1.807, 2.05) is 0 Å². The van der Waals surface area contributed by atoms with Gasteiger partial charge in [0.05, 0.1) is 11.3 Å². The third-order valence-electron chi connectivity index (χ3n) is 2.45. The Morgan fingerprint density at radius 3 is 2.58 bits per heavy atom. The van der Waals surface area contributed by atoms with Crippen molar-refractivity contribution < 1.29 is 9.59 Å². The Balaban J connectivity index is 2.24. The van der Waals surface area contributed by atoms with Crippen LogP contribution >= 0.6 is 0 Å². The topological polar surface area (TPSA) is 99.8 Å². The summed E-state index contributed by atoms with van der Waals surface area (Å²) < 4.78 is 0. The maximum Gasteiger partial charge on any atom is 0.295 e. The van der Waals surface area contributed by atoms with Crippen molar-refractivity contribution in [1.82, 2.24) is 20.5 Å². The van der Waals surface area contributed by atoms with Crippen molar-refractivity contribution in [1.29, 1.82) is 0 Å². The number of hydrogen-bond acceptors (Lipinski definition) is 4. The number of carbonyl (C=O) groups is 2. The maximum absolute atomic E-state index is 11.9. The van der Waals surface area contributed by atoms with Crippen molar-refractivity contribution in [2.24, 2.45) is 0 Å². The molecule has 2 aromatic rings. The second-order valence-electron chi connectivity index (χ2n) is 3.82. The Morgan fingerprint density at radius 1 is 1.21 bits per heavy atom. The van der Waals surface area contributed by atoms with Gasteiger partial charge in [-0.25, -0.2) is 4.98 Å². The van der Waals surface area contributed by atoms with E-state index in [-0.39, 0.29) is 11.7 Å². The first-order valence-electron chi connectivity index (χ1n) is 5.63. The molecule has 0 saturated carbocycles. The van der Waals surface area contributed by atoms with Gasteiger partial charge in [0.25, 0.3) is 11.8 Å². The minimum absolute atomic E-state index is 0.0317. The van der Waals surface area contributed by atoms with Crippen LogP contribution in [0.15, 0.2) is 24.3 Å². The number of amides is 2. The Kier molecular flexibility index (Phi) is 3.56. The summed E-state index contributed by atoms with van der Waals surface area (Å²) in [7, 11) is 1.53. The summed E-state index contributed by atoms with van der Waals surface area (Å²) in [6.45, 7) is 1.70. The minimum Gasteiger partial charge on any atom is -0.355 e. The fraction of sp³-hybridized carbons (Fsp3) is 0.167. The third kappa shape index (κ3) is 2.76. The highest BCUT2D eigenvalue weighted by Gasteiger charge is 2.15. The monoisotopic (exact) mass is 259 g/mol. The maximum atomic E-state index is 11.9. The van der Waals surface area contributed by atoms with E-state index < -0.39 is 5.91 Å². The number of carbonyl (C=O) groups excluding carboxylic acids is 2. The van der Waals surface area contributed by atoms with Crippen molar-refractivity contribution in [3.05, 3.63) is 41.5 Å². The van der Waals surface area contributed by atoms with Crippen molar-refractivity contribution in [2.45, 2.75) is 6.92 Å². The quantitative estimate of drug-likeness (QED) is 0.756. The lowest BCUT2D eigenvalue weighted by molar-refractivity contribution is 0.0964. The van der Waals surface area contributed by atoms with Gasteiger partial charge in [0.2, 0.25) is 5.82 Å². The predicted molar refractivity (Wildman–Crippen MR) is 68.9 cm³/mol. The number of rotatable bonds is 3. The van der Waals surface area contributed by atoms with Crippen molar-refractivity contribution in [3.63, 3.8) is 0 Å². The van der Waals surface area contributed by atoms with Crippen LogP contribution in [0.1, 0.15) is 26.8 Å². The third-order valence-corrected chi connectivity index (χ3v) is 2.45. The van der Waals surface area contributed by atoms with Crippen LogP contribution in [0.3, 0.4) is 0 Å². The fourth-order valence-corrected chi connectivity index (χ4v) is 1.55. The number of nitrogens with one attached hydrogen (secondary N) is 3. The number of aryl methyl sites for hydroxylation is 1. The number of H-pyrrole nitrogens is 1. The Morgan fingerprint density at radius 2 is 1.95 bits per heavy atom. The van der Waals surface area contributed by atoms with Crippen LogP contribution in [0.5, 0.6) is 0 Å². The van der Waals surface area contributed by atoms with Gasteiger partial charge in [0, 0.05) is 7.05 Å². The first-order valence-corrected chi connectivity index (χ1v) is 5.63. The van der Waals surface area contributed by atoms with Crippen LogP contribution in [0.2, 0.25) is 0 Å². The normalized spacial score (nSPS) is 10.0. The van der Waals surface area contributed by atoms with E-state index in [4.69, 9.17) is 0 Å². The Labute approximate surface area is 109 Å². The summed E-state index contributed by atoms with van der Waals surface area (Å²) in [4.78, 5) is 27.5. The molecule has 98 valence electrons. The van der Waals surface area contributed by atoms with Gasteiger partial charge >= 0.3 is 0 Å². The zero-order valence-corrected chi connectivity index (χ0v) is 10.5. The van der Waals surface area contributed by atoms with Gasteiger partial charge in [-0.15, -0.1) is 5.10 Å². The highest BCUT2D eigenvalue weighted by Crippen LogP contribution is 2.15.